The van der Waals surface area contributed by atoms with E-state index in [0.29, 0.717) is 55.7 Å². The monoisotopic (exact) mass is 431 g/mol. The predicted molar refractivity (Wildman–Crippen MR) is 117 cm³/mol. The molecule has 1 N–H and O–H groups in total. The number of piperazine rings is 1. The minimum absolute atomic E-state index is 0.364. The van der Waals surface area contributed by atoms with Crippen LogP contribution in [0.4, 0.5) is 5.69 Å². The molecule has 2 amide bonds. The Balaban J connectivity index is 1.46. The Hall–Kier alpha value is -2.93. The lowest BCUT2D eigenvalue weighted by atomic mass is 10.1. The number of amides is 2. The van der Waals surface area contributed by atoms with Crippen molar-refractivity contribution in [3.05, 3.63) is 53.1 Å². The second-order valence-corrected chi connectivity index (χ2v) is 7.39. The van der Waals surface area contributed by atoms with Crippen LogP contribution in [0.2, 0.25) is 5.02 Å². The number of halogens is 1. The largest absolute Gasteiger partial charge is 0.493 e. The first kappa shape index (κ1) is 21.8. The molecule has 3 rings (SSSR count). The van der Waals surface area contributed by atoms with E-state index in [-0.39, 0.29) is 0 Å². The molecule has 0 saturated carbocycles. The van der Waals surface area contributed by atoms with Gasteiger partial charge in [-0.15, -0.1) is 0 Å². The number of carbonyl (C=O) groups excluding carboxylic acids is 2. The molecule has 0 radical (unpaired) electrons. The van der Waals surface area contributed by atoms with Gasteiger partial charge in [0.2, 0.25) is 0 Å². The molecule has 1 heterocycles. The molecule has 0 aliphatic carbocycles. The summed E-state index contributed by atoms with van der Waals surface area (Å²) in [7, 11) is 3.16. The Morgan fingerprint density at radius 1 is 1.00 bits per heavy atom. The van der Waals surface area contributed by atoms with E-state index in [1.54, 1.807) is 19.1 Å². The second-order valence-electron chi connectivity index (χ2n) is 6.95. The minimum atomic E-state index is -0.577. The molecule has 0 bridgehead atoms. The number of nitrogens with zero attached hydrogens (tertiary/aromatic N) is 2. The van der Waals surface area contributed by atoms with Crippen molar-refractivity contribution in [2.75, 3.05) is 51.8 Å². The Kier molecular flexibility index (Phi) is 7.41. The quantitative estimate of drug-likeness (QED) is 0.711. The maximum Gasteiger partial charge on any atom is 0.312 e. The third-order valence-electron chi connectivity index (χ3n) is 5.08. The zero-order valence-corrected chi connectivity index (χ0v) is 17.9. The molecule has 1 saturated heterocycles. The lowest BCUT2D eigenvalue weighted by Crippen LogP contribution is -2.52. The summed E-state index contributed by atoms with van der Waals surface area (Å²) in [4.78, 5) is 28.5. The number of benzene rings is 2. The van der Waals surface area contributed by atoms with Crippen LogP contribution < -0.4 is 19.7 Å². The normalized spacial score (nSPS) is 13.7. The molecule has 2 aromatic rings. The number of ether oxygens (including phenoxy) is 2. The molecule has 1 aliphatic rings. The maximum atomic E-state index is 12.5. The van der Waals surface area contributed by atoms with Crippen molar-refractivity contribution in [3.8, 4) is 11.5 Å². The third kappa shape index (κ3) is 5.36. The predicted octanol–water partition coefficient (Wildman–Crippen LogP) is 2.36. The fraction of sp³-hybridized carbons (Fsp3) is 0.364. The summed E-state index contributed by atoms with van der Waals surface area (Å²) in [6, 6.07) is 13.2. The van der Waals surface area contributed by atoms with Crippen molar-refractivity contribution in [2.24, 2.45) is 0 Å². The molecule has 160 valence electrons. The molecule has 1 fully saturated rings. The van der Waals surface area contributed by atoms with Crippen LogP contribution in [0.15, 0.2) is 42.5 Å². The first-order chi connectivity index (χ1) is 14.5. The number of anilines is 1. The van der Waals surface area contributed by atoms with E-state index in [2.05, 4.69) is 10.2 Å². The van der Waals surface area contributed by atoms with Crippen molar-refractivity contribution in [1.29, 1.82) is 0 Å². The molecule has 0 atom stereocenters. The van der Waals surface area contributed by atoms with Crippen molar-refractivity contribution in [2.45, 2.75) is 6.42 Å². The number of methoxy groups -OCH3 is 2. The summed E-state index contributed by atoms with van der Waals surface area (Å²) < 4.78 is 10.5. The smallest absolute Gasteiger partial charge is 0.312 e. The topological polar surface area (TPSA) is 71.1 Å². The lowest BCUT2D eigenvalue weighted by Gasteiger charge is -2.35. The van der Waals surface area contributed by atoms with Gasteiger partial charge in [-0.25, -0.2) is 0 Å². The molecule has 7 nitrogen and oxygen atoms in total. The Morgan fingerprint density at radius 2 is 1.73 bits per heavy atom. The van der Waals surface area contributed by atoms with Gasteiger partial charge in [0, 0.05) is 43.4 Å². The summed E-state index contributed by atoms with van der Waals surface area (Å²) >= 11 is 6.05. The van der Waals surface area contributed by atoms with Crippen LogP contribution in [-0.2, 0) is 16.0 Å². The van der Waals surface area contributed by atoms with Crippen LogP contribution in [-0.4, -0.2) is 63.7 Å². The number of carbonyl (C=O) groups is 2. The van der Waals surface area contributed by atoms with Crippen LogP contribution in [0.25, 0.3) is 0 Å². The molecular weight excluding hydrogens is 406 g/mol. The van der Waals surface area contributed by atoms with Crippen molar-refractivity contribution in [1.82, 2.24) is 10.2 Å². The number of nitrogens with one attached hydrogen (secondary N) is 1. The first-order valence-electron chi connectivity index (χ1n) is 9.80. The highest BCUT2D eigenvalue weighted by Gasteiger charge is 2.26. The molecule has 8 heteroatoms. The zero-order valence-electron chi connectivity index (χ0n) is 17.2. The van der Waals surface area contributed by atoms with E-state index < -0.39 is 11.8 Å². The van der Waals surface area contributed by atoms with Gasteiger partial charge in [-0.05, 0) is 42.3 Å². The third-order valence-corrected chi connectivity index (χ3v) is 5.32. The van der Waals surface area contributed by atoms with Crippen LogP contribution in [0.5, 0.6) is 11.5 Å². The molecule has 30 heavy (non-hydrogen) atoms. The second kappa shape index (κ2) is 10.2. The summed E-state index contributed by atoms with van der Waals surface area (Å²) in [6.45, 7) is 2.67. The fourth-order valence-electron chi connectivity index (χ4n) is 3.42. The van der Waals surface area contributed by atoms with Gasteiger partial charge < -0.3 is 24.6 Å². The van der Waals surface area contributed by atoms with Gasteiger partial charge >= 0.3 is 11.8 Å². The molecule has 2 aromatic carbocycles. The molecule has 1 aliphatic heterocycles. The van der Waals surface area contributed by atoms with Crippen molar-refractivity contribution >= 4 is 29.1 Å². The van der Waals surface area contributed by atoms with Gasteiger partial charge in [0.25, 0.3) is 0 Å². The lowest BCUT2D eigenvalue weighted by molar-refractivity contribution is -0.146. The highest BCUT2D eigenvalue weighted by atomic mass is 35.5. The standard InChI is InChI=1S/C22H26ClN3O4/c1-29-19-7-6-16(14-20(19)30-2)8-9-24-21(27)22(28)26-12-10-25(11-13-26)18-5-3-4-17(23)15-18/h3-7,14-15H,8-13H2,1-2H3,(H,24,27). The fourth-order valence-corrected chi connectivity index (χ4v) is 3.60. The van der Waals surface area contributed by atoms with Gasteiger partial charge in [0.15, 0.2) is 11.5 Å². The Bertz CT molecular complexity index is 898. The van der Waals surface area contributed by atoms with E-state index in [0.717, 1.165) is 11.3 Å². The van der Waals surface area contributed by atoms with Gasteiger partial charge in [-0.3, -0.25) is 9.59 Å². The van der Waals surface area contributed by atoms with E-state index in [1.807, 2.05) is 42.5 Å². The van der Waals surface area contributed by atoms with Gasteiger partial charge in [-0.1, -0.05) is 23.7 Å². The Labute approximate surface area is 181 Å². The molecule has 0 aromatic heterocycles. The van der Waals surface area contributed by atoms with Crippen molar-refractivity contribution in [3.63, 3.8) is 0 Å². The van der Waals surface area contributed by atoms with Gasteiger partial charge in [-0.2, -0.15) is 0 Å². The van der Waals surface area contributed by atoms with E-state index in [1.165, 1.54) is 0 Å². The summed E-state index contributed by atoms with van der Waals surface area (Å²) in [5, 5.41) is 3.39. The zero-order chi connectivity index (χ0) is 21.5. The summed E-state index contributed by atoms with van der Waals surface area (Å²) in [5.74, 6) is 0.215. The average molecular weight is 432 g/mol. The highest BCUT2D eigenvalue weighted by molar-refractivity contribution is 6.35. The van der Waals surface area contributed by atoms with E-state index >= 15 is 0 Å². The van der Waals surface area contributed by atoms with E-state index in [4.69, 9.17) is 21.1 Å². The maximum absolute atomic E-state index is 12.5. The average Bonchev–Trinajstić information content (AvgIpc) is 2.78. The number of hydrogen-bond acceptors (Lipinski definition) is 5. The van der Waals surface area contributed by atoms with Gasteiger partial charge in [0.1, 0.15) is 0 Å². The van der Waals surface area contributed by atoms with Crippen LogP contribution in [0, 0.1) is 0 Å². The summed E-state index contributed by atoms with van der Waals surface area (Å²) in [5.41, 5.74) is 2.00. The molecule has 0 spiro atoms. The van der Waals surface area contributed by atoms with Gasteiger partial charge in [0.05, 0.1) is 14.2 Å². The van der Waals surface area contributed by atoms with E-state index in [9.17, 15) is 9.59 Å². The summed E-state index contributed by atoms with van der Waals surface area (Å²) in [6.07, 6.45) is 0.585. The van der Waals surface area contributed by atoms with Crippen molar-refractivity contribution < 1.29 is 19.1 Å². The Morgan fingerprint density at radius 3 is 2.40 bits per heavy atom. The number of hydrogen-bond donors (Lipinski definition) is 1. The van der Waals surface area contributed by atoms with Crippen LogP contribution in [0.3, 0.4) is 0 Å². The highest BCUT2D eigenvalue weighted by Crippen LogP contribution is 2.27. The molecular formula is C22H26ClN3O4. The number of rotatable bonds is 6. The van der Waals surface area contributed by atoms with Crippen LogP contribution in [0.1, 0.15) is 5.56 Å². The van der Waals surface area contributed by atoms with Crippen LogP contribution >= 0.6 is 11.6 Å². The minimum Gasteiger partial charge on any atom is -0.493 e. The molecule has 0 unspecified atom stereocenters. The SMILES string of the molecule is COc1ccc(CCNC(=O)C(=O)N2CCN(c3cccc(Cl)c3)CC2)cc1OC. The first-order valence-corrected chi connectivity index (χ1v) is 10.2.